The van der Waals surface area contributed by atoms with Gasteiger partial charge in [-0.1, -0.05) is 0 Å². The van der Waals surface area contributed by atoms with E-state index >= 15 is 0 Å². The molecule has 3 rings (SSSR count). The van der Waals surface area contributed by atoms with Crippen LogP contribution in [0.15, 0.2) is 11.0 Å². The van der Waals surface area contributed by atoms with Gasteiger partial charge in [0.15, 0.2) is 17.5 Å². The van der Waals surface area contributed by atoms with Gasteiger partial charge in [0, 0.05) is 0 Å². The third-order valence-corrected chi connectivity index (χ3v) is 4.40. The van der Waals surface area contributed by atoms with E-state index < -0.39 is 55.1 Å². The van der Waals surface area contributed by atoms with Crippen molar-refractivity contribution in [2.75, 3.05) is 12.3 Å². The Morgan fingerprint density at radius 3 is 2.68 bits per heavy atom. The number of anilines is 1. The lowest BCUT2D eigenvalue weighted by Crippen LogP contribution is -2.59. The number of fused-ring (bicyclic) bond motifs is 1. The third-order valence-electron chi connectivity index (χ3n) is 4.40. The van der Waals surface area contributed by atoms with Gasteiger partial charge in [0.2, 0.25) is 5.95 Å². The van der Waals surface area contributed by atoms with Crippen molar-refractivity contribution in [3.8, 4) is 0 Å². The summed E-state index contributed by atoms with van der Waals surface area (Å²) >= 11 is 0. The summed E-state index contributed by atoms with van der Waals surface area (Å²) < 4.78 is 10.7. The van der Waals surface area contributed by atoms with E-state index in [-0.39, 0.29) is 22.8 Å². The summed E-state index contributed by atoms with van der Waals surface area (Å²) in [7, 11) is 0. The highest BCUT2D eigenvalue weighted by molar-refractivity contribution is 5.69. The zero-order chi connectivity index (χ0) is 20.6. The summed E-state index contributed by atoms with van der Waals surface area (Å²) in [5.41, 5.74) is 4.66. The van der Waals surface area contributed by atoms with Crippen molar-refractivity contribution in [2.24, 2.45) is 0 Å². The number of H-pyrrole nitrogens is 1. The van der Waals surface area contributed by atoms with Gasteiger partial charge in [-0.3, -0.25) is 9.78 Å². The normalized spacial score (nSPS) is 30.3. The molecule has 28 heavy (non-hydrogen) atoms. The van der Waals surface area contributed by atoms with Gasteiger partial charge in [-0.25, -0.2) is 9.97 Å². The second kappa shape index (κ2) is 8.00. The minimum absolute atomic E-state index is 0.000273. The van der Waals surface area contributed by atoms with Crippen molar-refractivity contribution in [1.82, 2.24) is 19.9 Å². The molecule has 0 spiro atoms. The van der Waals surface area contributed by atoms with Crippen molar-refractivity contribution in [3.05, 3.63) is 22.2 Å². The topological polar surface area (TPSA) is 217 Å². The Morgan fingerprint density at radius 1 is 1.29 bits per heavy atom. The predicted molar refractivity (Wildman–Crippen MR) is 91.6 cm³/mol. The number of aromatic amines is 1. The van der Waals surface area contributed by atoms with Crippen LogP contribution in [0.5, 0.6) is 0 Å². The van der Waals surface area contributed by atoms with Crippen LogP contribution in [-0.4, -0.2) is 88.9 Å². The lowest BCUT2D eigenvalue weighted by molar-refractivity contribution is -0.315. The zero-order valence-electron chi connectivity index (χ0n) is 14.7. The first-order valence-corrected chi connectivity index (χ1v) is 8.39. The first-order valence-electron chi connectivity index (χ1n) is 8.39. The molecule has 0 amide bonds. The van der Waals surface area contributed by atoms with Gasteiger partial charge in [0.25, 0.3) is 5.56 Å². The average molecular weight is 399 g/mol. The monoisotopic (exact) mass is 399 g/mol. The molecule has 7 atom stereocenters. The predicted octanol–water partition coefficient (Wildman–Crippen LogP) is -3.47. The quantitative estimate of drug-likeness (QED) is 0.261. The number of aliphatic hydroxyl groups is 5. The van der Waals surface area contributed by atoms with E-state index in [1.54, 1.807) is 0 Å². The van der Waals surface area contributed by atoms with Crippen molar-refractivity contribution in [3.63, 3.8) is 0 Å². The molecule has 8 N–H and O–H groups in total. The molecule has 1 aliphatic rings. The van der Waals surface area contributed by atoms with Crippen molar-refractivity contribution >= 4 is 17.1 Å². The molecule has 0 unspecified atom stereocenters. The molecule has 1 saturated heterocycles. The van der Waals surface area contributed by atoms with Crippen molar-refractivity contribution in [2.45, 2.75) is 49.8 Å². The Bertz CT molecular complexity index is 892. The van der Waals surface area contributed by atoms with Crippen LogP contribution in [0.25, 0.3) is 11.2 Å². The second-order valence-corrected chi connectivity index (χ2v) is 6.40. The fourth-order valence-electron chi connectivity index (χ4n) is 2.80. The summed E-state index contributed by atoms with van der Waals surface area (Å²) in [5, 5.41) is 49.3. The summed E-state index contributed by atoms with van der Waals surface area (Å²) in [6, 6.07) is 0. The van der Waals surface area contributed by atoms with E-state index in [1.807, 2.05) is 0 Å². The lowest BCUT2D eigenvalue weighted by Gasteiger charge is -2.40. The van der Waals surface area contributed by atoms with Crippen molar-refractivity contribution in [1.29, 1.82) is 0 Å². The number of nitrogens with one attached hydrogen (secondary N) is 1. The molecule has 3 heterocycles. The Balaban J connectivity index is 1.78. The molecule has 13 nitrogen and oxygen atoms in total. The number of rotatable bonds is 5. The van der Waals surface area contributed by atoms with Gasteiger partial charge >= 0.3 is 0 Å². The van der Waals surface area contributed by atoms with Gasteiger partial charge in [-0.15, -0.1) is 0 Å². The first kappa shape index (κ1) is 20.5. The number of ether oxygens (including phenoxy) is 2. The maximum Gasteiger partial charge on any atom is 0.280 e. The molecule has 0 bridgehead atoms. The Labute approximate surface area is 157 Å². The molecular weight excluding hydrogens is 378 g/mol. The maximum atomic E-state index is 11.9. The van der Waals surface area contributed by atoms with E-state index in [0.29, 0.717) is 0 Å². The highest BCUT2D eigenvalue weighted by Gasteiger charge is 2.45. The molecular formula is C15H21N5O8. The zero-order valence-corrected chi connectivity index (χ0v) is 14.7. The van der Waals surface area contributed by atoms with E-state index in [1.165, 1.54) is 13.1 Å². The third kappa shape index (κ3) is 3.81. The van der Waals surface area contributed by atoms with E-state index in [2.05, 4.69) is 19.9 Å². The van der Waals surface area contributed by atoms with Gasteiger partial charge < -0.3 is 40.7 Å². The first-order chi connectivity index (χ1) is 13.2. The molecule has 2 aromatic heterocycles. The molecule has 1 fully saturated rings. The highest BCUT2D eigenvalue weighted by Crippen LogP contribution is 2.26. The lowest BCUT2D eigenvalue weighted by atomic mass is 9.99. The standard InChI is InChI=1S/C15H21N5O8/c1-4(27-14-11(25)10(24)9(23)6(3-21)28-14)8(22)5-2-17-12-7(18-5)13(26)20-15(16)19-12/h2,4,6,8-11,14,21-25H,3H2,1H3,(H3,16,17,19,20,26)/t4-,6+,8-,9+,10-,11+,14+/m0/s1. The van der Waals surface area contributed by atoms with Crippen molar-refractivity contribution < 1.29 is 35.0 Å². The smallest absolute Gasteiger partial charge is 0.280 e. The fourth-order valence-corrected chi connectivity index (χ4v) is 2.80. The number of aliphatic hydroxyl groups excluding tert-OH is 5. The minimum atomic E-state index is -1.62. The molecule has 2 aromatic rings. The van der Waals surface area contributed by atoms with E-state index in [0.717, 1.165) is 0 Å². The minimum Gasteiger partial charge on any atom is -0.394 e. The SMILES string of the molecule is C[C@H](O[C@@H]1O[C@H](CO)[C@@H](O)[C@H](O)[C@H]1O)[C@H](O)c1cnc2nc(N)[nH]c(=O)c2n1. The Hall–Kier alpha value is -2.26. The molecule has 1 aliphatic heterocycles. The number of aromatic nitrogens is 4. The molecule has 13 heteroatoms. The molecule has 0 aliphatic carbocycles. The highest BCUT2D eigenvalue weighted by atomic mass is 16.7. The summed E-state index contributed by atoms with van der Waals surface area (Å²) in [6.07, 6.45) is -8.58. The van der Waals surface area contributed by atoms with Crippen LogP contribution in [-0.2, 0) is 9.47 Å². The van der Waals surface area contributed by atoms with Crippen LogP contribution < -0.4 is 11.3 Å². The summed E-state index contributed by atoms with van der Waals surface area (Å²) in [5.74, 6) is -0.126. The van der Waals surface area contributed by atoms with Crippen LogP contribution in [0.1, 0.15) is 18.7 Å². The van der Waals surface area contributed by atoms with Crippen LogP contribution in [0.2, 0.25) is 0 Å². The van der Waals surface area contributed by atoms with Crippen LogP contribution in [0.4, 0.5) is 5.95 Å². The molecule has 0 saturated carbocycles. The molecule has 154 valence electrons. The van der Waals surface area contributed by atoms with Gasteiger partial charge in [-0.2, -0.15) is 4.98 Å². The van der Waals surface area contributed by atoms with Gasteiger partial charge in [0.1, 0.15) is 30.5 Å². The Kier molecular flexibility index (Phi) is 5.85. The Morgan fingerprint density at radius 2 is 2.00 bits per heavy atom. The number of nitrogen functional groups attached to an aromatic ring is 1. The van der Waals surface area contributed by atoms with Gasteiger partial charge in [-0.05, 0) is 6.92 Å². The van der Waals surface area contributed by atoms with Gasteiger partial charge in [0.05, 0.1) is 24.6 Å². The number of nitrogens with zero attached hydrogens (tertiary/aromatic N) is 3. The van der Waals surface area contributed by atoms with E-state index in [4.69, 9.17) is 15.2 Å². The van der Waals surface area contributed by atoms with E-state index in [9.17, 15) is 30.3 Å². The fraction of sp³-hybridized carbons (Fsp3) is 0.600. The average Bonchev–Trinajstić information content (AvgIpc) is 2.67. The largest absolute Gasteiger partial charge is 0.394 e. The maximum absolute atomic E-state index is 11.9. The number of hydrogen-bond acceptors (Lipinski definition) is 12. The summed E-state index contributed by atoms with van der Waals surface area (Å²) in [4.78, 5) is 26.0. The van der Waals surface area contributed by atoms with Crippen LogP contribution in [0, 0.1) is 0 Å². The molecule has 0 radical (unpaired) electrons. The summed E-state index contributed by atoms with van der Waals surface area (Å²) in [6.45, 7) is 0.820. The molecule has 0 aromatic carbocycles. The number of hydrogen-bond donors (Lipinski definition) is 7. The number of nitrogens with two attached hydrogens (primary N) is 1. The van der Waals surface area contributed by atoms with Crippen LogP contribution >= 0.6 is 0 Å². The second-order valence-electron chi connectivity index (χ2n) is 6.40. The van der Waals surface area contributed by atoms with Crippen LogP contribution in [0.3, 0.4) is 0 Å².